The standard InChI is InChI=1S/C39H49NO4Si/c1-29-18-10-7-11-20-31(44-45(39(3,4)5,32-22-12-8-13-23-32)33-24-14-9-15-25-33)21-17-16-19-30(2)38(42)40-35-26-27-36(43-6)34(28-29)37(35)41/h8-9,12-19,22-27,31,41H,7,10-11,20-21,28H2,1-6H3,(H,40,42)/b17-16+,29-18+,30-19+. The number of hydrogen-bond acceptors (Lipinski definition) is 4. The Hall–Kier alpha value is -3.87. The number of carbonyl (C=O) groups is 1. The van der Waals surface area contributed by atoms with Crippen LogP contribution in [0.2, 0.25) is 5.04 Å². The van der Waals surface area contributed by atoms with E-state index >= 15 is 0 Å². The minimum Gasteiger partial charge on any atom is -0.505 e. The lowest BCUT2D eigenvalue weighted by atomic mass is 10.0. The van der Waals surface area contributed by atoms with E-state index in [1.165, 1.54) is 10.4 Å². The second kappa shape index (κ2) is 15.4. The van der Waals surface area contributed by atoms with Crippen LogP contribution >= 0.6 is 0 Å². The van der Waals surface area contributed by atoms with Crippen LogP contribution in [-0.2, 0) is 15.6 Å². The quantitative estimate of drug-likeness (QED) is 0.171. The Kier molecular flexibility index (Phi) is 11.7. The first-order valence-corrected chi connectivity index (χ1v) is 18.0. The van der Waals surface area contributed by atoms with Gasteiger partial charge in [-0.15, -0.1) is 0 Å². The minimum absolute atomic E-state index is 0.0139. The van der Waals surface area contributed by atoms with Gasteiger partial charge in [0.2, 0.25) is 0 Å². The van der Waals surface area contributed by atoms with Crippen LogP contribution in [0, 0.1) is 0 Å². The molecule has 0 fully saturated rings. The number of fused-ring (bicyclic) bond motifs is 2. The summed E-state index contributed by atoms with van der Waals surface area (Å²) in [5.74, 6) is 0.383. The Labute approximate surface area is 270 Å². The SMILES string of the molecule is COc1ccc2c(O)c1C/C(C)=C/CCCCC(O[Si](c1ccccc1)(c1ccccc1)C(C)(C)C)C/C=C/C=C(\C)C(=O)N2. The van der Waals surface area contributed by atoms with Gasteiger partial charge in [0.25, 0.3) is 14.2 Å². The highest BCUT2D eigenvalue weighted by Gasteiger charge is 2.51. The predicted octanol–water partition coefficient (Wildman–Crippen LogP) is 8.24. The van der Waals surface area contributed by atoms with Gasteiger partial charge in [0.1, 0.15) is 11.5 Å². The normalized spacial score (nSPS) is 20.4. The number of rotatable bonds is 5. The number of methoxy groups -OCH3 is 1. The Balaban J connectivity index is 1.69. The molecule has 2 N–H and O–H groups in total. The fourth-order valence-corrected chi connectivity index (χ4v) is 10.9. The number of hydrogen-bond donors (Lipinski definition) is 2. The molecule has 3 aromatic carbocycles. The molecule has 4 rings (SSSR count). The molecule has 2 bridgehead atoms. The van der Waals surface area contributed by atoms with Crippen LogP contribution in [0.25, 0.3) is 0 Å². The molecular formula is C39H49NO4Si. The van der Waals surface area contributed by atoms with Gasteiger partial charge in [-0.1, -0.05) is 118 Å². The monoisotopic (exact) mass is 623 g/mol. The van der Waals surface area contributed by atoms with Gasteiger partial charge in [-0.05, 0) is 67.1 Å². The molecule has 1 unspecified atom stereocenters. The number of anilines is 1. The summed E-state index contributed by atoms with van der Waals surface area (Å²) in [5.41, 5.74) is 2.74. The summed E-state index contributed by atoms with van der Waals surface area (Å²) in [6, 6.07) is 25.1. The third-order valence-electron chi connectivity index (χ3n) is 8.64. The van der Waals surface area contributed by atoms with Crippen molar-refractivity contribution < 1.29 is 19.1 Å². The smallest absolute Gasteiger partial charge is 0.261 e. The van der Waals surface area contributed by atoms with Crippen molar-refractivity contribution in [1.82, 2.24) is 0 Å². The van der Waals surface area contributed by atoms with Crippen molar-refractivity contribution in [3.63, 3.8) is 0 Å². The predicted molar refractivity (Wildman–Crippen MR) is 189 cm³/mol. The van der Waals surface area contributed by atoms with E-state index in [0.717, 1.165) is 37.7 Å². The molecule has 5 nitrogen and oxygen atoms in total. The van der Waals surface area contributed by atoms with Crippen molar-refractivity contribution in [2.75, 3.05) is 12.4 Å². The number of allylic oxidation sites excluding steroid dienone is 4. The van der Waals surface area contributed by atoms with Crippen LogP contribution in [0.5, 0.6) is 11.5 Å². The lowest BCUT2D eigenvalue weighted by Gasteiger charge is -2.45. The van der Waals surface area contributed by atoms with Gasteiger partial charge >= 0.3 is 0 Å². The third-order valence-corrected chi connectivity index (χ3v) is 13.7. The van der Waals surface area contributed by atoms with E-state index in [1.807, 2.05) is 12.2 Å². The topological polar surface area (TPSA) is 67.8 Å². The number of phenols is 1. The van der Waals surface area contributed by atoms with Gasteiger partial charge in [-0.2, -0.15) is 0 Å². The summed E-state index contributed by atoms with van der Waals surface area (Å²) in [7, 11) is -1.12. The number of amides is 1. The molecule has 0 radical (unpaired) electrons. The maximum atomic E-state index is 13.1. The first-order chi connectivity index (χ1) is 21.6. The van der Waals surface area contributed by atoms with Crippen LogP contribution in [0.4, 0.5) is 5.69 Å². The van der Waals surface area contributed by atoms with E-state index < -0.39 is 8.32 Å². The average molecular weight is 624 g/mol. The second-order valence-electron chi connectivity index (χ2n) is 13.0. The Bertz CT molecular complexity index is 1480. The Morgan fingerprint density at radius 2 is 1.56 bits per heavy atom. The van der Waals surface area contributed by atoms with Crippen LogP contribution < -0.4 is 20.4 Å². The van der Waals surface area contributed by atoms with Gasteiger partial charge in [0.15, 0.2) is 0 Å². The van der Waals surface area contributed by atoms with Crippen molar-refractivity contribution in [2.24, 2.45) is 0 Å². The molecule has 45 heavy (non-hydrogen) atoms. The first-order valence-electron chi connectivity index (χ1n) is 16.0. The van der Waals surface area contributed by atoms with Crippen molar-refractivity contribution in [2.45, 2.75) is 84.3 Å². The van der Waals surface area contributed by atoms with Crippen LogP contribution in [0.15, 0.2) is 108 Å². The van der Waals surface area contributed by atoms with E-state index in [9.17, 15) is 9.90 Å². The molecule has 1 aliphatic heterocycles. The summed E-state index contributed by atoms with van der Waals surface area (Å²) >= 11 is 0. The molecule has 1 aliphatic rings. The van der Waals surface area contributed by atoms with Crippen LogP contribution in [0.3, 0.4) is 0 Å². The summed E-state index contributed by atoms with van der Waals surface area (Å²) < 4.78 is 13.1. The number of aromatic hydroxyl groups is 1. The minimum atomic E-state index is -2.72. The van der Waals surface area contributed by atoms with Crippen molar-refractivity contribution in [3.8, 4) is 11.5 Å². The molecule has 0 spiro atoms. The zero-order valence-corrected chi connectivity index (χ0v) is 28.7. The Morgan fingerprint density at radius 1 is 0.911 bits per heavy atom. The maximum absolute atomic E-state index is 13.1. The average Bonchev–Trinajstić information content (AvgIpc) is 3.02. The highest BCUT2D eigenvalue weighted by atomic mass is 28.4. The number of carbonyl (C=O) groups excluding carboxylic acids is 1. The molecule has 3 aromatic rings. The van der Waals surface area contributed by atoms with E-state index in [-0.39, 0.29) is 22.8 Å². The maximum Gasteiger partial charge on any atom is 0.261 e. The van der Waals surface area contributed by atoms with Gasteiger partial charge in [-0.3, -0.25) is 4.79 Å². The number of ether oxygens (including phenoxy) is 1. The summed E-state index contributed by atoms with van der Waals surface area (Å²) in [6.07, 6.45) is 13.4. The van der Waals surface area contributed by atoms with E-state index in [2.05, 4.69) is 106 Å². The molecule has 0 saturated heterocycles. The zero-order valence-electron chi connectivity index (χ0n) is 27.7. The summed E-state index contributed by atoms with van der Waals surface area (Å²) in [4.78, 5) is 13.1. The lowest BCUT2D eigenvalue weighted by molar-refractivity contribution is -0.112. The molecule has 1 heterocycles. The molecule has 0 aromatic heterocycles. The lowest BCUT2D eigenvalue weighted by Crippen LogP contribution is -2.67. The van der Waals surface area contributed by atoms with Crippen LogP contribution in [0.1, 0.15) is 72.3 Å². The fourth-order valence-electron chi connectivity index (χ4n) is 6.20. The molecule has 0 saturated carbocycles. The molecule has 6 heteroatoms. The molecule has 1 atom stereocenters. The van der Waals surface area contributed by atoms with Crippen LogP contribution in [-0.4, -0.2) is 32.5 Å². The summed E-state index contributed by atoms with van der Waals surface area (Å²) in [6.45, 7) is 10.8. The first kappa shape index (κ1) is 34.0. The molecule has 0 aliphatic carbocycles. The van der Waals surface area contributed by atoms with Crippen molar-refractivity contribution in [1.29, 1.82) is 0 Å². The highest BCUT2D eigenvalue weighted by Crippen LogP contribution is 2.39. The largest absolute Gasteiger partial charge is 0.505 e. The molecular weight excluding hydrogens is 575 g/mol. The zero-order chi connectivity index (χ0) is 32.5. The van der Waals surface area contributed by atoms with Crippen molar-refractivity contribution in [3.05, 3.63) is 114 Å². The highest BCUT2D eigenvalue weighted by molar-refractivity contribution is 6.99. The molecule has 238 valence electrons. The number of nitrogens with one attached hydrogen (secondary N) is 1. The van der Waals surface area contributed by atoms with Gasteiger partial charge in [0, 0.05) is 23.7 Å². The van der Waals surface area contributed by atoms with Gasteiger partial charge in [0.05, 0.1) is 12.8 Å². The van der Waals surface area contributed by atoms with E-state index in [0.29, 0.717) is 29.0 Å². The van der Waals surface area contributed by atoms with Crippen molar-refractivity contribution >= 4 is 30.3 Å². The van der Waals surface area contributed by atoms with Gasteiger partial charge in [-0.25, -0.2) is 0 Å². The van der Waals surface area contributed by atoms with E-state index in [1.54, 1.807) is 26.2 Å². The summed E-state index contributed by atoms with van der Waals surface area (Å²) in [5, 5.41) is 16.4. The van der Waals surface area contributed by atoms with Gasteiger partial charge < -0.3 is 19.6 Å². The number of benzene rings is 3. The third kappa shape index (κ3) is 8.24. The Morgan fingerprint density at radius 3 is 2.16 bits per heavy atom. The number of phenolic OH excluding ortho intramolecular Hbond substituents is 1. The molecule has 1 amide bonds. The fraction of sp³-hybridized carbons (Fsp3) is 0.359. The van der Waals surface area contributed by atoms with E-state index in [4.69, 9.17) is 9.16 Å². The second-order valence-corrected chi connectivity index (χ2v) is 17.3.